The number of aliphatic hydroxyl groups excluding tert-OH is 1. The molecule has 2 aromatic rings. The van der Waals surface area contributed by atoms with Crippen molar-refractivity contribution in [1.29, 1.82) is 0 Å². The van der Waals surface area contributed by atoms with Crippen molar-refractivity contribution in [3.8, 4) is 11.5 Å². The summed E-state index contributed by atoms with van der Waals surface area (Å²) in [5.41, 5.74) is 1.13. The Hall–Kier alpha value is -3.58. The van der Waals surface area contributed by atoms with Gasteiger partial charge in [0.15, 0.2) is 0 Å². The van der Waals surface area contributed by atoms with Crippen molar-refractivity contribution >= 4 is 17.4 Å². The van der Waals surface area contributed by atoms with Gasteiger partial charge in [-0.25, -0.2) is 0 Å². The third kappa shape index (κ3) is 4.62. The first kappa shape index (κ1) is 22.1. The van der Waals surface area contributed by atoms with Crippen LogP contribution in [-0.4, -0.2) is 55.7 Å². The molecule has 1 atom stereocenters. The Labute approximate surface area is 181 Å². The third-order valence-electron chi connectivity index (χ3n) is 5.00. The Morgan fingerprint density at radius 3 is 2.29 bits per heavy atom. The fraction of sp³-hybridized carbons (Fsp3) is 0.250. The van der Waals surface area contributed by atoms with Gasteiger partial charge in [-0.1, -0.05) is 24.8 Å². The molecule has 1 aliphatic rings. The molecular weight excluding hydrogens is 398 g/mol. The number of Topliss-reactive ketones (excluding diaryl/α,β-unsaturated/α-hetero) is 1. The zero-order valence-corrected chi connectivity index (χ0v) is 17.5. The van der Waals surface area contributed by atoms with Crippen LogP contribution in [-0.2, 0) is 14.3 Å². The molecular formula is C24H25NO6. The summed E-state index contributed by atoms with van der Waals surface area (Å²) in [5, 5.41) is 11.0. The summed E-state index contributed by atoms with van der Waals surface area (Å²) in [4.78, 5) is 27.1. The number of likely N-dealkylation sites (tertiary alicyclic amines) is 1. The Bertz CT molecular complexity index is 978. The van der Waals surface area contributed by atoms with Crippen LogP contribution in [0.3, 0.4) is 0 Å². The molecule has 31 heavy (non-hydrogen) atoms. The zero-order chi connectivity index (χ0) is 22.4. The van der Waals surface area contributed by atoms with Gasteiger partial charge in [0.2, 0.25) is 0 Å². The highest BCUT2D eigenvalue weighted by atomic mass is 16.5. The normalized spacial score (nSPS) is 17.6. The van der Waals surface area contributed by atoms with E-state index >= 15 is 0 Å². The van der Waals surface area contributed by atoms with Crippen molar-refractivity contribution in [3.05, 3.63) is 77.9 Å². The van der Waals surface area contributed by atoms with Crippen molar-refractivity contribution in [1.82, 2.24) is 4.90 Å². The Morgan fingerprint density at radius 2 is 1.71 bits per heavy atom. The van der Waals surface area contributed by atoms with Crippen molar-refractivity contribution < 1.29 is 28.9 Å². The molecule has 1 N–H and O–H groups in total. The maximum atomic E-state index is 12.9. The number of rotatable bonds is 9. The van der Waals surface area contributed by atoms with Crippen molar-refractivity contribution in [2.75, 3.05) is 34.0 Å². The minimum atomic E-state index is -0.745. The van der Waals surface area contributed by atoms with Crippen LogP contribution in [0.25, 0.3) is 5.76 Å². The highest BCUT2D eigenvalue weighted by molar-refractivity contribution is 6.46. The van der Waals surface area contributed by atoms with E-state index in [1.54, 1.807) is 61.7 Å². The SMILES string of the molecule is C=CCOc1ccc(C2/C(=C(/O)c3ccc(OC)cc3)C(=O)C(=O)N2CCOC)cc1. The standard InChI is InChI=1S/C24H25NO6/c1-4-14-31-19-11-5-16(6-12-19)21-20(23(27)24(28)25(21)13-15-29-2)22(26)17-7-9-18(30-3)10-8-17/h4-12,21,26H,1,13-15H2,2-3H3/b22-20-. The minimum Gasteiger partial charge on any atom is -0.507 e. The lowest BCUT2D eigenvalue weighted by Crippen LogP contribution is -2.32. The maximum Gasteiger partial charge on any atom is 0.295 e. The fourth-order valence-electron chi connectivity index (χ4n) is 3.45. The highest BCUT2D eigenvalue weighted by Crippen LogP contribution is 2.39. The molecule has 0 aromatic heterocycles. The average Bonchev–Trinajstić information content (AvgIpc) is 3.06. The van der Waals surface area contributed by atoms with Crippen LogP contribution in [0.15, 0.2) is 66.8 Å². The van der Waals surface area contributed by atoms with E-state index in [1.807, 2.05) is 0 Å². The zero-order valence-electron chi connectivity index (χ0n) is 17.5. The molecule has 2 aromatic carbocycles. The second kappa shape index (κ2) is 9.95. The number of nitrogens with zero attached hydrogens (tertiary/aromatic N) is 1. The molecule has 1 heterocycles. The van der Waals surface area contributed by atoms with E-state index in [2.05, 4.69) is 6.58 Å². The van der Waals surface area contributed by atoms with Gasteiger partial charge in [0.25, 0.3) is 11.7 Å². The molecule has 1 saturated heterocycles. The van der Waals surface area contributed by atoms with Crippen LogP contribution in [0.5, 0.6) is 11.5 Å². The van der Waals surface area contributed by atoms with Gasteiger partial charge in [-0.15, -0.1) is 0 Å². The molecule has 3 rings (SSSR count). The monoisotopic (exact) mass is 423 g/mol. The van der Waals surface area contributed by atoms with E-state index in [1.165, 1.54) is 12.0 Å². The topological polar surface area (TPSA) is 85.3 Å². The first-order valence-electron chi connectivity index (χ1n) is 9.77. The molecule has 1 unspecified atom stereocenters. The first-order valence-corrected chi connectivity index (χ1v) is 9.77. The van der Waals surface area contributed by atoms with E-state index in [0.717, 1.165) is 0 Å². The summed E-state index contributed by atoms with van der Waals surface area (Å²) in [7, 11) is 3.06. The summed E-state index contributed by atoms with van der Waals surface area (Å²) >= 11 is 0. The summed E-state index contributed by atoms with van der Waals surface area (Å²) < 4.78 is 15.8. The van der Waals surface area contributed by atoms with Gasteiger partial charge in [-0.3, -0.25) is 9.59 Å². The van der Waals surface area contributed by atoms with Gasteiger partial charge in [-0.2, -0.15) is 0 Å². The largest absolute Gasteiger partial charge is 0.507 e. The molecule has 1 aliphatic heterocycles. The molecule has 7 nitrogen and oxygen atoms in total. The van der Waals surface area contributed by atoms with Crippen LogP contribution < -0.4 is 9.47 Å². The van der Waals surface area contributed by atoms with Crippen molar-refractivity contribution in [3.63, 3.8) is 0 Å². The molecule has 0 aliphatic carbocycles. The molecule has 1 amide bonds. The molecule has 162 valence electrons. The number of carbonyl (C=O) groups excluding carboxylic acids is 2. The lowest BCUT2D eigenvalue weighted by molar-refractivity contribution is -0.140. The van der Waals surface area contributed by atoms with Crippen LogP contribution in [0.1, 0.15) is 17.2 Å². The van der Waals surface area contributed by atoms with Crippen LogP contribution >= 0.6 is 0 Å². The smallest absolute Gasteiger partial charge is 0.295 e. The molecule has 7 heteroatoms. The molecule has 1 fully saturated rings. The van der Waals surface area contributed by atoms with E-state index in [-0.39, 0.29) is 24.5 Å². The number of methoxy groups -OCH3 is 2. The van der Waals surface area contributed by atoms with Crippen LogP contribution in [0.2, 0.25) is 0 Å². The fourth-order valence-corrected chi connectivity index (χ4v) is 3.45. The minimum absolute atomic E-state index is 0.0334. The molecule has 0 bridgehead atoms. The van der Waals surface area contributed by atoms with Crippen LogP contribution in [0, 0.1) is 0 Å². The summed E-state index contributed by atoms with van der Waals surface area (Å²) in [6.07, 6.45) is 1.64. The number of ketones is 1. The van der Waals surface area contributed by atoms with Gasteiger partial charge in [0.1, 0.15) is 23.9 Å². The van der Waals surface area contributed by atoms with E-state index in [4.69, 9.17) is 14.2 Å². The van der Waals surface area contributed by atoms with Gasteiger partial charge < -0.3 is 24.2 Å². The maximum absolute atomic E-state index is 12.9. The van der Waals surface area contributed by atoms with Crippen molar-refractivity contribution in [2.45, 2.75) is 6.04 Å². The molecule has 0 saturated carbocycles. The lowest BCUT2D eigenvalue weighted by atomic mass is 9.95. The second-order valence-corrected chi connectivity index (χ2v) is 6.88. The van der Waals surface area contributed by atoms with E-state index < -0.39 is 17.7 Å². The number of hydrogen-bond donors (Lipinski definition) is 1. The predicted molar refractivity (Wildman–Crippen MR) is 116 cm³/mol. The van der Waals surface area contributed by atoms with Crippen molar-refractivity contribution in [2.24, 2.45) is 0 Å². The molecule has 0 spiro atoms. The van der Waals surface area contributed by atoms with Gasteiger partial charge >= 0.3 is 0 Å². The molecule has 0 radical (unpaired) electrons. The number of benzene rings is 2. The first-order chi connectivity index (χ1) is 15.0. The number of carbonyl (C=O) groups is 2. The summed E-state index contributed by atoms with van der Waals surface area (Å²) in [6, 6.07) is 12.9. The average molecular weight is 423 g/mol. The van der Waals surface area contributed by atoms with Gasteiger partial charge in [0.05, 0.1) is 25.3 Å². The number of amides is 1. The number of ether oxygens (including phenoxy) is 3. The van der Waals surface area contributed by atoms with Gasteiger partial charge in [0, 0.05) is 19.2 Å². The summed E-state index contributed by atoms with van der Waals surface area (Å²) in [5.74, 6) is -0.403. The quantitative estimate of drug-likeness (QED) is 0.288. The predicted octanol–water partition coefficient (Wildman–Crippen LogP) is 3.33. The van der Waals surface area contributed by atoms with Crippen LogP contribution in [0.4, 0.5) is 0 Å². The van der Waals surface area contributed by atoms with E-state index in [0.29, 0.717) is 29.2 Å². The number of aliphatic hydroxyl groups is 1. The highest BCUT2D eigenvalue weighted by Gasteiger charge is 2.45. The third-order valence-corrected chi connectivity index (χ3v) is 5.00. The Morgan fingerprint density at radius 1 is 1.06 bits per heavy atom. The second-order valence-electron chi connectivity index (χ2n) is 6.88. The van der Waals surface area contributed by atoms with E-state index in [9.17, 15) is 14.7 Å². The number of hydrogen-bond acceptors (Lipinski definition) is 6. The summed E-state index contributed by atoms with van der Waals surface area (Å²) in [6.45, 7) is 4.45. The lowest BCUT2D eigenvalue weighted by Gasteiger charge is -2.25. The Balaban J connectivity index is 2.06. The Kier molecular flexibility index (Phi) is 7.10. The van der Waals surface area contributed by atoms with Gasteiger partial charge in [-0.05, 0) is 42.0 Å².